The van der Waals surface area contributed by atoms with Crippen LogP contribution in [0.25, 0.3) is 0 Å². The molecule has 19 heavy (non-hydrogen) atoms. The first-order valence-corrected chi connectivity index (χ1v) is 6.24. The van der Waals surface area contributed by atoms with Crippen LogP contribution in [0.4, 0.5) is 5.82 Å². The molecule has 7 heteroatoms. The molecule has 0 spiro atoms. The number of hydrogen-bond donors (Lipinski definition) is 2. The Balaban J connectivity index is 2.91. The second kappa shape index (κ2) is 7.93. The minimum Gasteiger partial charge on any atom is -0.395 e. The topological polar surface area (TPSA) is 74.7 Å². The number of methoxy groups -OCH3 is 1. The number of pyridine rings is 1. The number of anilines is 1. The maximum Gasteiger partial charge on any atom is 0.254 e. The molecule has 0 saturated heterocycles. The van der Waals surface area contributed by atoms with Crippen molar-refractivity contribution in [1.82, 2.24) is 9.88 Å². The average molecular weight is 288 g/mol. The van der Waals surface area contributed by atoms with Crippen LogP contribution in [0.15, 0.2) is 12.1 Å². The van der Waals surface area contributed by atoms with Gasteiger partial charge < -0.3 is 20.1 Å². The number of aliphatic hydroxyl groups is 1. The number of halogens is 1. The van der Waals surface area contributed by atoms with Crippen LogP contribution < -0.4 is 5.32 Å². The molecule has 0 unspecified atom stereocenters. The fourth-order valence-corrected chi connectivity index (χ4v) is 1.78. The van der Waals surface area contributed by atoms with E-state index < -0.39 is 0 Å². The molecule has 106 valence electrons. The molecule has 1 aromatic rings. The smallest absolute Gasteiger partial charge is 0.254 e. The van der Waals surface area contributed by atoms with E-state index in [1.165, 1.54) is 11.0 Å². The Morgan fingerprint density at radius 1 is 1.53 bits per heavy atom. The van der Waals surface area contributed by atoms with E-state index in [2.05, 4.69) is 10.3 Å². The summed E-state index contributed by atoms with van der Waals surface area (Å²) in [6.45, 7) is 0.957. The van der Waals surface area contributed by atoms with E-state index in [0.29, 0.717) is 24.5 Å². The van der Waals surface area contributed by atoms with Gasteiger partial charge in [0.2, 0.25) is 0 Å². The summed E-state index contributed by atoms with van der Waals surface area (Å²) in [5, 5.41) is 12.1. The summed E-state index contributed by atoms with van der Waals surface area (Å²) in [4.78, 5) is 17.8. The average Bonchev–Trinajstić information content (AvgIpc) is 2.41. The molecule has 1 rings (SSSR count). The molecule has 0 bridgehead atoms. The maximum absolute atomic E-state index is 12.3. The third kappa shape index (κ3) is 4.66. The van der Waals surface area contributed by atoms with Crippen LogP contribution in [-0.2, 0) is 4.74 Å². The first-order chi connectivity index (χ1) is 9.12. The van der Waals surface area contributed by atoms with Crippen molar-refractivity contribution >= 4 is 23.3 Å². The fourth-order valence-electron chi connectivity index (χ4n) is 1.57. The fraction of sp³-hybridized carbons (Fsp3) is 0.500. The molecular weight excluding hydrogens is 270 g/mol. The van der Waals surface area contributed by atoms with E-state index in [1.807, 2.05) is 0 Å². The summed E-state index contributed by atoms with van der Waals surface area (Å²) in [6, 6.07) is 3.12. The second-order valence-corrected chi connectivity index (χ2v) is 4.21. The van der Waals surface area contributed by atoms with Crippen molar-refractivity contribution in [3.63, 3.8) is 0 Å². The Hall–Kier alpha value is -1.37. The Morgan fingerprint density at radius 2 is 2.26 bits per heavy atom. The lowest BCUT2D eigenvalue weighted by atomic mass is 10.2. The number of carbonyl (C=O) groups is 1. The van der Waals surface area contributed by atoms with Crippen molar-refractivity contribution in [3.05, 3.63) is 22.8 Å². The lowest BCUT2D eigenvalue weighted by molar-refractivity contribution is 0.0656. The first kappa shape index (κ1) is 15.7. The minimum absolute atomic E-state index is 0.104. The van der Waals surface area contributed by atoms with Crippen molar-refractivity contribution in [1.29, 1.82) is 0 Å². The molecule has 0 saturated carbocycles. The van der Waals surface area contributed by atoms with Gasteiger partial charge in [0, 0.05) is 32.8 Å². The summed E-state index contributed by atoms with van der Waals surface area (Å²) >= 11 is 5.86. The maximum atomic E-state index is 12.3. The zero-order valence-corrected chi connectivity index (χ0v) is 11.8. The van der Waals surface area contributed by atoms with Gasteiger partial charge in [-0.25, -0.2) is 4.98 Å². The molecule has 2 N–H and O–H groups in total. The molecule has 0 atom stereocenters. The van der Waals surface area contributed by atoms with Gasteiger partial charge in [-0.1, -0.05) is 11.6 Å². The van der Waals surface area contributed by atoms with E-state index in [0.717, 1.165) is 0 Å². The lowest BCUT2D eigenvalue weighted by Crippen LogP contribution is -2.36. The number of nitrogens with zero attached hydrogens (tertiary/aromatic N) is 2. The predicted octanol–water partition coefficient (Wildman–Crippen LogP) is 0.858. The lowest BCUT2D eigenvalue weighted by Gasteiger charge is -2.21. The molecule has 0 aliphatic rings. The van der Waals surface area contributed by atoms with Crippen LogP contribution in [0.3, 0.4) is 0 Å². The van der Waals surface area contributed by atoms with Crippen molar-refractivity contribution in [2.45, 2.75) is 0 Å². The largest absolute Gasteiger partial charge is 0.395 e. The normalized spacial score (nSPS) is 10.3. The van der Waals surface area contributed by atoms with Gasteiger partial charge in [0.15, 0.2) is 0 Å². The van der Waals surface area contributed by atoms with Crippen molar-refractivity contribution in [2.24, 2.45) is 0 Å². The SMILES string of the molecule is CNc1cc(C(=O)N(CCO)CCOC)cc(Cl)n1. The highest BCUT2D eigenvalue weighted by Crippen LogP contribution is 2.15. The van der Waals surface area contributed by atoms with Crippen LogP contribution in [0.1, 0.15) is 10.4 Å². The molecule has 1 amide bonds. The molecule has 1 heterocycles. The number of carbonyl (C=O) groups excluding carboxylic acids is 1. The molecule has 6 nitrogen and oxygen atoms in total. The van der Waals surface area contributed by atoms with Gasteiger partial charge in [-0.3, -0.25) is 4.79 Å². The molecule has 0 aromatic carbocycles. The van der Waals surface area contributed by atoms with Crippen LogP contribution in [0.5, 0.6) is 0 Å². The number of aliphatic hydroxyl groups excluding tert-OH is 1. The summed E-state index contributed by atoms with van der Waals surface area (Å²) in [5.74, 6) is 0.304. The van der Waals surface area contributed by atoms with E-state index in [-0.39, 0.29) is 24.2 Å². The molecule has 0 aliphatic carbocycles. The monoisotopic (exact) mass is 287 g/mol. The van der Waals surface area contributed by atoms with Crippen LogP contribution in [-0.4, -0.2) is 61.4 Å². The highest BCUT2D eigenvalue weighted by molar-refractivity contribution is 6.29. The highest BCUT2D eigenvalue weighted by Gasteiger charge is 2.16. The van der Waals surface area contributed by atoms with Gasteiger partial charge >= 0.3 is 0 Å². The van der Waals surface area contributed by atoms with Crippen LogP contribution in [0.2, 0.25) is 5.15 Å². The Bertz CT molecular complexity index is 429. The summed E-state index contributed by atoms with van der Waals surface area (Å²) < 4.78 is 4.95. The number of ether oxygens (including phenoxy) is 1. The van der Waals surface area contributed by atoms with Crippen molar-refractivity contribution in [3.8, 4) is 0 Å². The minimum atomic E-state index is -0.216. The van der Waals surface area contributed by atoms with Gasteiger partial charge in [-0.05, 0) is 12.1 Å². The number of hydrogen-bond acceptors (Lipinski definition) is 5. The Labute approximate surface area is 117 Å². The van der Waals surface area contributed by atoms with Gasteiger partial charge in [-0.2, -0.15) is 0 Å². The van der Waals surface area contributed by atoms with Gasteiger partial charge in [0.1, 0.15) is 11.0 Å². The molecule has 0 radical (unpaired) electrons. The second-order valence-electron chi connectivity index (χ2n) is 3.82. The van der Waals surface area contributed by atoms with Crippen molar-refractivity contribution < 1.29 is 14.6 Å². The van der Waals surface area contributed by atoms with E-state index in [4.69, 9.17) is 21.4 Å². The van der Waals surface area contributed by atoms with E-state index >= 15 is 0 Å². The van der Waals surface area contributed by atoms with Gasteiger partial charge in [-0.15, -0.1) is 0 Å². The summed E-state index contributed by atoms with van der Waals surface area (Å²) in [6.07, 6.45) is 0. The summed E-state index contributed by atoms with van der Waals surface area (Å²) in [7, 11) is 3.26. The standard InChI is InChI=1S/C12H18ClN3O3/c1-14-11-8-9(7-10(13)15-11)12(18)16(3-5-17)4-6-19-2/h7-8,17H,3-6H2,1-2H3,(H,14,15). The van der Waals surface area contributed by atoms with Crippen molar-refractivity contribution in [2.75, 3.05) is 45.8 Å². The van der Waals surface area contributed by atoms with E-state index in [9.17, 15) is 4.79 Å². The molecular formula is C12H18ClN3O3. The first-order valence-electron chi connectivity index (χ1n) is 5.86. The Morgan fingerprint density at radius 3 is 2.84 bits per heavy atom. The van der Waals surface area contributed by atoms with Crippen LogP contribution >= 0.6 is 11.6 Å². The van der Waals surface area contributed by atoms with Gasteiger partial charge in [0.05, 0.1) is 13.2 Å². The summed E-state index contributed by atoms with van der Waals surface area (Å²) in [5.41, 5.74) is 0.425. The Kier molecular flexibility index (Phi) is 6.55. The molecule has 0 fully saturated rings. The number of amides is 1. The number of nitrogens with one attached hydrogen (secondary N) is 1. The number of rotatable bonds is 7. The third-order valence-corrected chi connectivity index (χ3v) is 2.71. The third-order valence-electron chi connectivity index (χ3n) is 2.52. The predicted molar refractivity (Wildman–Crippen MR) is 73.7 cm³/mol. The number of aromatic nitrogens is 1. The van der Waals surface area contributed by atoms with E-state index in [1.54, 1.807) is 20.2 Å². The molecule has 1 aromatic heterocycles. The zero-order chi connectivity index (χ0) is 14.3. The molecule has 0 aliphatic heterocycles. The highest BCUT2D eigenvalue weighted by atomic mass is 35.5. The quantitative estimate of drug-likeness (QED) is 0.728. The van der Waals surface area contributed by atoms with Crippen LogP contribution in [0, 0.1) is 0 Å². The van der Waals surface area contributed by atoms with Gasteiger partial charge in [0.25, 0.3) is 5.91 Å². The zero-order valence-electron chi connectivity index (χ0n) is 11.0.